The quantitative estimate of drug-likeness (QED) is 0.913. The first-order chi connectivity index (χ1) is 12.3. The van der Waals surface area contributed by atoms with Crippen molar-refractivity contribution in [2.45, 2.75) is 27.7 Å². The molecule has 2 aromatic rings. The molecule has 0 saturated carbocycles. The molecule has 2 aromatic heterocycles. The summed E-state index contributed by atoms with van der Waals surface area (Å²) in [7, 11) is 0. The largest absolute Gasteiger partial charge is 0.352 e. The number of pyridine rings is 1. The number of rotatable bonds is 3. The van der Waals surface area contributed by atoms with Crippen molar-refractivity contribution in [1.29, 1.82) is 0 Å². The number of nitrogens with zero attached hydrogens (tertiary/aromatic N) is 5. The summed E-state index contributed by atoms with van der Waals surface area (Å²) in [4.78, 5) is 20.9. The minimum absolute atomic E-state index is 0.202. The van der Waals surface area contributed by atoms with Gasteiger partial charge in [-0.25, -0.2) is 4.98 Å². The number of carbonyl (C=O) groups excluding carboxylic acids is 1. The minimum atomic E-state index is -0.334. The fraction of sp³-hybridized carbons (Fsp3) is 0.474. The molecule has 1 aliphatic rings. The van der Waals surface area contributed by atoms with Gasteiger partial charge >= 0.3 is 0 Å². The number of anilines is 3. The van der Waals surface area contributed by atoms with Crippen LogP contribution in [0.15, 0.2) is 30.3 Å². The molecule has 1 fully saturated rings. The molecule has 1 aliphatic heterocycles. The van der Waals surface area contributed by atoms with E-state index in [1.807, 2.05) is 62.9 Å². The Balaban J connectivity index is 1.59. The molecule has 0 unspecified atom stereocenters. The van der Waals surface area contributed by atoms with Gasteiger partial charge < -0.3 is 15.1 Å². The Hall–Kier alpha value is -2.70. The van der Waals surface area contributed by atoms with Gasteiger partial charge in [-0.15, -0.1) is 10.2 Å². The highest BCUT2D eigenvalue weighted by Gasteiger charge is 2.29. The maximum absolute atomic E-state index is 12.4. The zero-order valence-corrected chi connectivity index (χ0v) is 15.9. The van der Waals surface area contributed by atoms with E-state index in [4.69, 9.17) is 0 Å². The molecule has 26 heavy (non-hydrogen) atoms. The van der Waals surface area contributed by atoms with Crippen molar-refractivity contribution >= 4 is 23.4 Å². The van der Waals surface area contributed by atoms with Gasteiger partial charge in [0.1, 0.15) is 5.82 Å². The van der Waals surface area contributed by atoms with Gasteiger partial charge in [0.2, 0.25) is 5.91 Å². The number of hydrogen-bond donors (Lipinski definition) is 1. The van der Waals surface area contributed by atoms with Crippen LogP contribution in [0.3, 0.4) is 0 Å². The number of carbonyl (C=O) groups is 1. The minimum Gasteiger partial charge on any atom is -0.352 e. The van der Waals surface area contributed by atoms with E-state index in [1.165, 1.54) is 0 Å². The van der Waals surface area contributed by atoms with Crippen LogP contribution in [0.25, 0.3) is 0 Å². The number of aromatic nitrogens is 3. The van der Waals surface area contributed by atoms with E-state index < -0.39 is 0 Å². The second-order valence-corrected chi connectivity index (χ2v) is 7.60. The standard InChI is InChI=1S/C19H26N6O/c1-14-6-5-7-15(20-14)21-16-8-9-17(23-22-16)24-10-12-25(13-11-24)18(26)19(2,3)4/h5-9H,10-13H2,1-4H3,(H,20,21,22). The summed E-state index contributed by atoms with van der Waals surface area (Å²) in [5.41, 5.74) is 0.612. The summed E-state index contributed by atoms with van der Waals surface area (Å²) in [6, 6.07) is 9.65. The molecule has 7 nitrogen and oxygen atoms in total. The number of hydrogen-bond acceptors (Lipinski definition) is 6. The first-order valence-corrected chi connectivity index (χ1v) is 8.92. The number of amides is 1. The average Bonchev–Trinajstić information content (AvgIpc) is 2.61. The Labute approximate surface area is 154 Å². The van der Waals surface area contributed by atoms with Gasteiger partial charge in [-0.2, -0.15) is 0 Å². The van der Waals surface area contributed by atoms with Crippen molar-refractivity contribution in [2.75, 3.05) is 36.4 Å². The third kappa shape index (κ3) is 4.28. The van der Waals surface area contributed by atoms with Crippen LogP contribution in [0.2, 0.25) is 0 Å². The lowest BCUT2D eigenvalue weighted by Gasteiger charge is -2.38. The predicted octanol–water partition coefficient (Wildman–Crippen LogP) is 2.62. The first kappa shape index (κ1) is 18.1. The van der Waals surface area contributed by atoms with Crippen LogP contribution in [-0.4, -0.2) is 52.2 Å². The fourth-order valence-corrected chi connectivity index (χ4v) is 2.92. The summed E-state index contributed by atoms with van der Waals surface area (Å²) in [6.45, 7) is 10.8. The highest BCUT2D eigenvalue weighted by atomic mass is 16.2. The molecule has 138 valence electrons. The Morgan fingerprint density at radius 1 is 1.00 bits per heavy atom. The van der Waals surface area contributed by atoms with Crippen molar-refractivity contribution in [1.82, 2.24) is 20.1 Å². The van der Waals surface area contributed by atoms with Gasteiger partial charge in [0.15, 0.2) is 11.6 Å². The Bertz CT molecular complexity index is 760. The van der Waals surface area contributed by atoms with E-state index in [-0.39, 0.29) is 11.3 Å². The molecule has 0 aromatic carbocycles. The zero-order chi connectivity index (χ0) is 18.7. The van der Waals surface area contributed by atoms with Crippen LogP contribution in [0.1, 0.15) is 26.5 Å². The molecule has 1 saturated heterocycles. The smallest absolute Gasteiger partial charge is 0.228 e. The van der Waals surface area contributed by atoms with Crippen LogP contribution in [0.4, 0.5) is 17.5 Å². The molecule has 0 radical (unpaired) electrons. The van der Waals surface area contributed by atoms with Gasteiger partial charge in [-0.05, 0) is 31.2 Å². The molecule has 1 N–H and O–H groups in total. The van der Waals surface area contributed by atoms with Crippen LogP contribution in [0.5, 0.6) is 0 Å². The van der Waals surface area contributed by atoms with E-state index in [2.05, 4.69) is 25.4 Å². The highest BCUT2D eigenvalue weighted by Crippen LogP contribution is 2.21. The third-order valence-electron chi connectivity index (χ3n) is 4.33. The number of piperazine rings is 1. The summed E-state index contributed by atoms with van der Waals surface area (Å²) in [6.07, 6.45) is 0. The molecule has 0 spiro atoms. The molecule has 3 heterocycles. The molecule has 3 rings (SSSR count). The molecular weight excluding hydrogens is 328 g/mol. The molecule has 1 amide bonds. The zero-order valence-electron chi connectivity index (χ0n) is 15.9. The summed E-state index contributed by atoms with van der Waals surface area (Å²) in [5, 5.41) is 11.7. The number of nitrogens with one attached hydrogen (secondary N) is 1. The van der Waals surface area contributed by atoms with Gasteiger partial charge in [0, 0.05) is 37.3 Å². The van der Waals surface area contributed by atoms with Gasteiger partial charge in [-0.3, -0.25) is 4.79 Å². The van der Waals surface area contributed by atoms with Crippen LogP contribution < -0.4 is 10.2 Å². The van der Waals surface area contributed by atoms with E-state index in [0.29, 0.717) is 18.9 Å². The van der Waals surface area contributed by atoms with Crippen LogP contribution >= 0.6 is 0 Å². The van der Waals surface area contributed by atoms with E-state index in [1.54, 1.807) is 0 Å². The molecule has 0 bridgehead atoms. The second-order valence-electron chi connectivity index (χ2n) is 7.60. The maximum Gasteiger partial charge on any atom is 0.228 e. The van der Waals surface area contributed by atoms with Gasteiger partial charge in [-0.1, -0.05) is 26.8 Å². The maximum atomic E-state index is 12.4. The topological polar surface area (TPSA) is 74.2 Å². The van der Waals surface area contributed by atoms with Crippen molar-refractivity contribution in [2.24, 2.45) is 5.41 Å². The van der Waals surface area contributed by atoms with Crippen LogP contribution in [-0.2, 0) is 4.79 Å². The summed E-state index contributed by atoms with van der Waals surface area (Å²) >= 11 is 0. The lowest BCUT2D eigenvalue weighted by molar-refractivity contribution is -0.139. The average molecular weight is 354 g/mol. The normalized spacial score (nSPS) is 15.1. The van der Waals surface area contributed by atoms with Gasteiger partial charge in [0.25, 0.3) is 0 Å². The van der Waals surface area contributed by atoms with Crippen molar-refractivity contribution in [3.05, 3.63) is 36.0 Å². The summed E-state index contributed by atoms with van der Waals surface area (Å²) in [5.74, 6) is 2.44. The van der Waals surface area contributed by atoms with Gasteiger partial charge in [0.05, 0.1) is 0 Å². The van der Waals surface area contributed by atoms with E-state index in [9.17, 15) is 4.79 Å². The van der Waals surface area contributed by atoms with Crippen molar-refractivity contribution in [3.63, 3.8) is 0 Å². The van der Waals surface area contributed by atoms with E-state index >= 15 is 0 Å². The Morgan fingerprint density at radius 2 is 1.73 bits per heavy atom. The van der Waals surface area contributed by atoms with Crippen molar-refractivity contribution in [3.8, 4) is 0 Å². The fourth-order valence-electron chi connectivity index (χ4n) is 2.92. The van der Waals surface area contributed by atoms with E-state index in [0.717, 1.165) is 30.4 Å². The highest BCUT2D eigenvalue weighted by molar-refractivity contribution is 5.81. The second kappa shape index (κ2) is 7.27. The summed E-state index contributed by atoms with van der Waals surface area (Å²) < 4.78 is 0. The lowest BCUT2D eigenvalue weighted by atomic mass is 9.94. The molecule has 0 aliphatic carbocycles. The molecule has 0 atom stereocenters. The Kier molecular flexibility index (Phi) is 5.06. The molecule has 7 heteroatoms. The third-order valence-corrected chi connectivity index (χ3v) is 4.33. The lowest BCUT2D eigenvalue weighted by Crippen LogP contribution is -2.51. The SMILES string of the molecule is Cc1cccc(Nc2ccc(N3CCN(C(=O)C(C)(C)C)CC3)nn2)n1. The number of aryl methyl sites for hydroxylation is 1. The molecular formula is C19H26N6O. The first-order valence-electron chi connectivity index (χ1n) is 8.92. The van der Waals surface area contributed by atoms with Crippen LogP contribution in [0, 0.1) is 12.3 Å². The predicted molar refractivity (Wildman–Crippen MR) is 103 cm³/mol. The Morgan fingerprint density at radius 3 is 2.31 bits per heavy atom. The monoisotopic (exact) mass is 354 g/mol. The van der Waals surface area contributed by atoms with Crippen molar-refractivity contribution < 1.29 is 4.79 Å².